The third kappa shape index (κ3) is 2.32. The van der Waals surface area contributed by atoms with Crippen molar-refractivity contribution in [2.45, 2.75) is 32.2 Å². The molecule has 1 aliphatic rings. The van der Waals surface area contributed by atoms with E-state index < -0.39 is 0 Å². The van der Waals surface area contributed by atoms with E-state index in [1.165, 1.54) is 0 Å². The van der Waals surface area contributed by atoms with E-state index in [4.69, 9.17) is 0 Å². The second kappa shape index (κ2) is 5.10. The number of amides is 1. The van der Waals surface area contributed by atoms with Gasteiger partial charge in [0.1, 0.15) is 0 Å². The van der Waals surface area contributed by atoms with Crippen LogP contribution in [0.4, 0.5) is 0 Å². The van der Waals surface area contributed by atoms with E-state index in [0.29, 0.717) is 0 Å². The minimum Gasteiger partial charge on any atom is -0.336 e. The Morgan fingerprint density at radius 2 is 2.07 bits per heavy atom. The van der Waals surface area contributed by atoms with Crippen molar-refractivity contribution in [1.82, 2.24) is 10.2 Å². The Hall–Kier alpha value is -0.900. The highest BCUT2D eigenvalue weighted by atomic mass is 16.2. The van der Waals surface area contributed by atoms with Gasteiger partial charge >= 0.3 is 0 Å². The molecule has 1 amide bonds. The summed E-state index contributed by atoms with van der Waals surface area (Å²) < 4.78 is 0. The van der Waals surface area contributed by atoms with Gasteiger partial charge in [0, 0.05) is 13.1 Å². The maximum atomic E-state index is 11.6. The summed E-state index contributed by atoms with van der Waals surface area (Å²) in [6.07, 6.45) is 2.66. The topological polar surface area (TPSA) is 49.4 Å². The average molecular weight is 198 g/mol. The third-order valence-corrected chi connectivity index (χ3v) is 2.60. The molecule has 1 rings (SSSR count). The van der Waals surface area contributed by atoms with Crippen LogP contribution in [-0.4, -0.2) is 42.8 Å². The first-order valence-corrected chi connectivity index (χ1v) is 5.21. The standard InChI is InChI=1S/C10H18N2O2/c1-3-5-8(11-2)9(13)10(14)12-6-4-7-12/h8,11H,3-7H2,1-2H3. The molecule has 0 aromatic carbocycles. The molecule has 1 heterocycles. The predicted molar refractivity (Wildman–Crippen MR) is 54.0 cm³/mol. The molecule has 1 saturated heterocycles. The molecule has 14 heavy (non-hydrogen) atoms. The molecule has 4 nitrogen and oxygen atoms in total. The monoisotopic (exact) mass is 198 g/mol. The minimum atomic E-state index is -0.316. The number of rotatable bonds is 5. The van der Waals surface area contributed by atoms with Crippen LogP contribution >= 0.6 is 0 Å². The Labute approximate surface area is 84.7 Å². The van der Waals surface area contributed by atoms with E-state index >= 15 is 0 Å². The molecule has 1 N–H and O–H groups in total. The Kier molecular flexibility index (Phi) is 4.07. The summed E-state index contributed by atoms with van der Waals surface area (Å²) in [4.78, 5) is 24.8. The number of ketones is 1. The lowest BCUT2D eigenvalue weighted by molar-refractivity contribution is -0.148. The molecule has 0 bridgehead atoms. The van der Waals surface area contributed by atoms with Crippen molar-refractivity contribution in [1.29, 1.82) is 0 Å². The van der Waals surface area contributed by atoms with Gasteiger partial charge in [-0.3, -0.25) is 9.59 Å². The highest BCUT2D eigenvalue weighted by molar-refractivity contribution is 6.38. The molecule has 1 atom stereocenters. The lowest BCUT2D eigenvalue weighted by atomic mass is 10.1. The van der Waals surface area contributed by atoms with Gasteiger partial charge in [-0.05, 0) is 19.9 Å². The Balaban J connectivity index is 2.48. The lowest BCUT2D eigenvalue weighted by Crippen LogP contribution is -2.50. The molecule has 0 aliphatic carbocycles. The first-order valence-electron chi connectivity index (χ1n) is 5.21. The molecule has 0 spiro atoms. The number of Topliss-reactive ketones (excluding diaryl/α,β-unsaturated/α-hetero) is 1. The van der Waals surface area contributed by atoms with Crippen LogP contribution < -0.4 is 5.32 Å². The Morgan fingerprint density at radius 1 is 1.43 bits per heavy atom. The smallest absolute Gasteiger partial charge is 0.291 e. The van der Waals surface area contributed by atoms with E-state index in [0.717, 1.165) is 32.4 Å². The molecule has 1 unspecified atom stereocenters. The number of nitrogens with zero attached hydrogens (tertiary/aromatic N) is 1. The fraction of sp³-hybridized carbons (Fsp3) is 0.800. The molecular weight excluding hydrogens is 180 g/mol. The van der Waals surface area contributed by atoms with Crippen molar-refractivity contribution in [3.63, 3.8) is 0 Å². The highest BCUT2D eigenvalue weighted by Gasteiger charge is 2.30. The molecule has 4 heteroatoms. The maximum Gasteiger partial charge on any atom is 0.291 e. The summed E-state index contributed by atoms with van der Waals surface area (Å²) in [6, 6.07) is -0.298. The van der Waals surface area contributed by atoms with Crippen LogP contribution in [0.5, 0.6) is 0 Å². The highest BCUT2D eigenvalue weighted by Crippen LogP contribution is 2.08. The summed E-state index contributed by atoms with van der Waals surface area (Å²) in [6.45, 7) is 3.49. The zero-order valence-electron chi connectivity index (χ0n) is 8.88. The first kappa shape index (κ1) is 11.2. The van der Waals surface area contributed by atoms with Gasteiger partial charge in [0.2, 0.25) is 5.78 Å². The average Bonchev–Trinajstić information content (AvgIpc) is 2.10. The molecule has 0 aromatic heterocycles. The second-order valence-electron chi connectivity index (χ2n) is 3.64. The van der Waals surface area contributed by atoms with Crippen LogP contribution in [0.1, 0.15) is 26.2 Å². The predicted octanol–water partition coefficient (Wildman–Crippen LogP) is 0.176. The number of likely N-dealkylation sites (N-methyl/N-ethyl adjacent to an activating group) is 1. The molecule has 0 aromatic rings. The Morgan fingerprint density at radius 3 is 2.43 bits per heavy atom. The third-order valence-electron chi connectivity index (χ3n) is 2.60. The van der Waals surface area contributed by atoms with Crippen molar-refractivity contribution in [2.75, 3.05) is 20.1 Å². The summed E-state index contributed by atoms with van der Waals surface area (Å²) in [7, 11) is 1.72. The quantitative estimate of drug-likeness (QED) is 0.641. The van der Waals surface area contributed by atoms with Crippen LogP contribution in [-0.2, 0) is 9.59 Å². The normalized spacial score (nSPS) is 17.4. The fourth-order valence-electron chi connectivity index (χ4n) is 1.52. The molecule has 1 fully saturated rings. The van der Waals surface area contributed by atoms with Crippen LogP contribution in [0.25, 0.3) is 0 Å². The SMILES string of the molecule is CCCC(NC)C(=O)C(=O)N1CCC1. The molecule has 80 valence electrons. The van der Waals surface area contributed by atoms with Crippen LogP contribution in [0.3, 0.4) is 0 Å². The summed E-state index contributed by atoms with van der Waals surface area (Å²) in [5, 5.41) is 2.89. The Bertz CT molecular complexity index is 224. The van der Waals surface area contributed by atoms with Crippen molar-refractivity contribution in [3.05, 3.63) is 0 Å². The maximum absolute atomic E-state index is 11.6. The van der Waals surface area contributed by atoms with Gasteiger partial charge in [0.05, 0.1) is 6.04 Å². The van der Waals surface area contributed by atoms with E-state index in [1.54, 1.807) is 11.9 Å². The van der Waals surface area contributed by atoms with Crippen molar-refractivity contribution < 1.29 is 9.59 Å². The zero-order valence-corrected chi connectivity index (χ0v) is 8.88. The van der Waals surface area contributed by atoms with Gasteiger partial charge in [-0.1, -0.05) is 13.3 Å². The van der Waals surface area contributed by atoms with E-state index in [2.05, 4.69) is 5.32 Å². The van der Waals surface area contributed by atoms with Gasteiger partial charge in [0.25, 0.3) is 5.91 Å². The lowest BCUT2D eigenvalue weighted by Gasteiger charge is -2.31. The van der Waals surface area contributed by atoms with Crippen LogP contribution in [0.2, 0.25) is 0 Å². The molecule has 0 radical (unpaired) electrons. The van der Waals surface area contributed by atoms with E-state index in [1.807, 2.05) is 6.92 Å². The van der Waals surface area contributed by atoms with Crippen molar-refractivity contribution in [3.8, 4) is 0 Å². The van der Waals surface area contributed by atoms with Gasteiger partial charge in [-0.15, -0.1) is 0 Å². The number of nitrogens with one attached hydrogen (secondary N) is 1. The van der Waals surface area contributed by atoms with Crippen LogP contribution in [0, 0.1) is 0 Å². The summed E-state index contributed by atoms with van der Waals surface area (Å²) in [5.41, 5.74) is 0. The van der Waals surface area contributed by atoms with E-state index in [9.17, 15) is 9.59 Å². The molecule has 1 aliphatic heterocycles. The second-order valence-corrected chi connectivity index (χ2v) is 3.64. The van der Waals surface area contributed by atoms with Gasteiger partial charge in [-0.25, -0.2) is 0 Å². The van der Waals surface area contributed by atoms with Crippen LogP contribution in [0.15, 0.2) is 0 Å². The zero-order chi connectivity index (χ0) is 10.6. The van der Waals surface area contributed by atoms with Gasteiger partial charge in [0.15, 0.2) is 0 Å². The van der Waals surface area contributed by atoms with Gasteiger partial charge in [-0.2, -0.15) is 0 Å². The number of hydrogen-bond donors (Lipinski definition) is 1. The molecule has 0 saturated carbocycles. The number of carbonyl (C=O) groups is 2. The number of hydrogen-bond acceptors (Lipinski definition) is 3. The first-order chi connectivity index (χ1) is 6.70. The van der Waals surface area contributed by atoms with Crippen molar-refractivity contribution in [2.24, 2.45) is 0 Å². The largest absolute Gasteiger partial charge is 0.336 e. The summed E-state index contributed by atoms with van der Waals surface area (Å²) >= 11 is 0. The van der Waals surface area contributed by atoms with Gasteiger partial charge < -0.3 is 10.2 Å². The van der Waals surface area contributed by atoms with Crippen molar-refractivity contribution >= 4 is 11.7 Å². The van der Waals surface area contributed by atoms with E-state index in [-0.39, 0.29) is 17.7 Å². The number of likely N-dealkylation sites (tertiary alicyclic amines) is 1. The fourth-order valence-corrected chi connectivity index (χ4v) is 1.52. The molecular formula is C10H18N2O2. The number of carbonyl (C=O) groups excluding carboxylic acids is 2. The minimum absolute atomic E-state index is 0.283. The summed E-state index contributed by atoms with van der Waals surface area (Å²) in [5.74, 6) is -0.599.